The Labute approximate surface area is 126 Å². The average Bonchev–Trinajstić information content (AvgIpc) is 2.78. The van der Waals surface area contributed by atoms with Crippen molar-refractivity contribution in [3.05, 3.63) is 17.0 Å². The van der Waals surface area contributed by atoms with Crippen LogP contribution in [0.25, 0.3) is 0 Å². The molecule has 5 heteroatoms. The SMILES string of the molecule is Cc1noc(C)c1C(C)NC(=O)NC(C)C1CCCCC1. The number of amides is 2. The van der Waals surface area contributed by atoms with Gasteiger partial charge in [-0.05, 0) is 46.5 Å². The van der Waals surface area contributed by atoms with Gasteiger partial charge in [0.05, 0.1) is 11.7 Å². The molecule has 1 aliphatic rings. The van der Waals surface area contributed by atoms with Crippen molar-refractivity contribution >= 4 is 6.03 Å². The highest BCUT2D eigenvalue weighted by Gasteiger charge is 2.23. The molecule has 118 valence electrons. The molecule has 1 aromatic rings. The van der Waals surface area contributed by atoms with Crippen molar-refractivity contribution in [3.8, 4) is 0 Å². The molecule has 21 heavy (non-hydrogen) atoms. The number of aromatic nitrogens is 1. The molecule has 2 N–H and O–H groups in total. The summed E-state index contributed by atoms with van der Waals surface area (Å²) < 4.78 is 5.15. The van der Waals surface area contributed by atoms with E-state index in [1.54, 1.807) is 0 Å². The Balaban J connectivity index is 1.86. The predicted molar refractivity (Wildman–Crippen MR) is 82.1 cm³/mol. The molecule has 1 aromatic heterocycles. The summed E-state index contributed by atoms with van der Waals surface area (Å²) >= 11 is 0. The van der Waals surface area contributed by atoms with E-state index in [0.717, 1.165) is 17.0 Å². The molecule has 0 saturated heterocycles. The van der Waals surface area contributed by atoms with Gasteiger partial charge in [0, 0.05) is 11.6 Å². The maximum atomic E-state index is 12.2. The molecular formula is C16H27N3O2. The van der Waals surface area contributed by atoms with E-state index in [4.69, 9.17) is 4.52 Å². The van der Waals surface area contributed by atoms with Crippen LogP contribution >= 0.6 is 0 Å². The fourth-order valence-electron chi connectivity index (χ4n) is 3.38. The van der Waals surface area contributed by atoms with Crippen molar-refractivity contribution in [1.82, 2.24) is 15.8 Å². The van der Waals surface area contributed by atoms with E-state index in [1.165, 1.54) is 32.1 Å². The lowest BCUT2D eigenvalue weighted by molar-refractivity contribution is 0.222. The smallest absolute Gasteiger partial charge is 0.315 e. The Bertz CT molecular complexity index is 458. The first-order valence-corrected chi connectivity index (χ1v) is 7.98. The number of carbonyl (C=O) groups is 1. The molecular weight excluding hydrogens is 266 g/mol. The number of urea groups is 1. The minimum Gasteiger partial charge on any atom is -0.361 e. The zero-order chi connectivity index (χ0) is 15.4. The summed E-state index contributed by atoms with van der Waals surface area (Å²) in [5.41, 5.74) is 1.80. The molecule has 1 fully saturated rings. The second kappa shape index (κ2) is 6.96. The van der Waals surface area contributed by atoms with Gasteiger partial charge in [-0.15, -0.1) is 0 Å². The van der Waals surface area contributed by atoms with Crippen molar-refractivity contribution < 1.29 is 9.32 Å². The average molecular weight is 293 g/mol. The van der Waals surface area contributed by atoms with Crippen LogP contribution in [0.2, 0.25) is 0 Å². The number of nitrogens with zero attached hydrogens (tertiary/aromatic N) is 1. The number of nitrogens with one attached hydrogen (secondary N) is 2. The van der Waals surface area contributed by atoms with Crippen LogP contribution < -0.4 is 10.6 Å². The zero-order valence-electron chi connectivity index (χ0n) is 13.5. The topological polar surface area (TPSA) is 67.2 Å². The summed E-state index contributed by atoms with van der Waals surface area (Å²) in [5, 5.41) is 10.00. The third-order valence-corrected chi connectivity index (χ3v) is 4.58. The van der Waals surface area contributed by atoms with Crippen LogP contribution in [0.1, 0.15) is 69.0 Å². The standard InChI is InChI=1S/C16H27N3O2/c1-10(14-8-6-5-7-9-14)17-16(20)18-11(2)15-12(3)19-21-13(15)4/h10-11,14H,5-9H2,1-4H3,(H2,17,18,20). The highest BCUT2D eigenvalue weighted by molar-refractivity contribution is 5.74. The lowest BCUT2D eigenvalue weighted by atomic mass is 9.85. The fourth-order valence-corrected chi connectivity index (χ4v) is 3.38. The molecule has 5 nitrogen and oxygen atoms in total. The van der Waals surface area contributed by atoms with Crippen LogP contribution in [0.5, 0.6) is 0 Å². The van der Waals surface area contributed by atoms with Crippen LogP contribution in [-0.4, -0.2) is 17.2 Å². The van der Waals surface area contributed by atoms with Crippen LogP contribution in [0.4, 0.5) is 4.79 Å². The minimum atomic E-state index is -0.111. The van der Waals surface area contributed by atoms with E-state index in [-0.39, 0.29) is 18.1 Å². The van der Waals surface area contributed by atoms with Gasteiger partial charge in [-0.2, -0.15) is 0 Å². The van der Waals surface area contributed by atoms with Gasteiger partial charge in [0.15, 0.2) is 0 Å². The number of hydrogen-bond donors (Lipinski definition) is 2. The first-order chi connectivity index (χ1) is 9.99. The Morgan fingerprint density at radius 1 is 1.19 bits per heavy atom. The monoisotopic (exact) mass is 293 g/mol. The van der Waals surface area contributed by atoms with Gasteiger partial charge in [-0.1, -0.05) is 24.4 Å². The van der Waals surface area contributed by atoms with Crippen molar-refractivity contribution in [2.75, 3.05) is 0 Å². The largest absolute Gasteiger partial charge is 0.361 e. The summed E-state index contributed by atoms with van der Waals surface area (Å²) in [6.07, 6.45) is 6.35. The third-order valence-electron chi connectivity index (χ3n) is 4.58. The maximum absolute atomic E-state index is 12.2. The summed E-state index contributed by atoms with van der Waals surface area (Å²) in [6, 6.07) is 0.0116. The Morgan fingerprint density at radius 3 is 2.43 bits per heavy atom. The summed E-state index contributed by atoms with van der Waals surface area (Å²) in [6.45, 7) is 7.83. The van der Waals surface area contributed by atoms with Gasteiger partial charge >= 0.3 is 6.03 Å². The van der Waals surface area contributed by atoms with E-state index in [1.807, 2.05) is 20.8 Å². The third kappa shape index (κ3) is 3.99. The van der Waals surface area contributed by atoms with Crippen LogP contribution in [0, 0.1) is 19.8 Å². The summed E-state index contributed by atoms with van der Waals surface area (Å²) in [7, 11) is 0. The number of hydrogen-bond acceptors (Lipinski definition) is 3. The molecule has 0 bridgehead atoms. The minimum absolute atomic E-state index is 0.102. The molecule has 1 aliphatic carbocycles. The lowest BCUT2D eigenvalue weighted by Gasteiger charge is -2.28. The quantitative estimate of drug-likeness (QED) is 0.891. The molecule has 0 aliphatic heterocycles. The zero-order valence-corrected chi connectivity index (χ0v) is 13.5. The van der Waals surface area contributed by atoms with Crippen LogP contribution in [0.3, 0.4) is 0 Å². The van der Waals surface area contributed by atoms with E-state index in [2.05, 4.69) is 22.7 Å². The number of carbonyl (C=O) groups excluding carboxylic acids is 1. The molecule has 2 rings (SSSR count). The number of aryl methyl sites for hydroxylation is 2. The van der Waals surface area contributed by atoms with Gasteiger partial charge in [-0.25, -0.2) is 4.79 Å². The van der Waals surface area contributed by atoms with Crippen molar-refractivity contribution in [2.24, 2.45) is 5.92 Å². The Morgan fingerprint density at radius 2 is 1.86 bits per heavy atom. The maximum Gasteiger partial charge on any atom is 0.315 e. The van der Waals surface area contributed by atoms with Gasteiger partial charge in [0.2, 0.25) is 0 Å². The first kappa shape index (κ1) is 15.9. The second-order valence-electron chi connectivity index (χ2n) is 6.26. The molecule has 1 saturated carbocycles. The Hall–Kier alpha value is -1.52. The van der Waals surface area contributed by atoms with Crippen LogP contribution in [0.15, 0.2) is 4.52 Å². The van der Waals surface area contributed by atoms with E-state index in [9.17, 15) is 4.79 Å². The van der Waals surface area contributed by atoms with Crippen LogP contribution in [-0.2, 0) is 0 Å². The molecule has 0 radical (unpaired) electrons. The molecule has 0 aromatic carbocycles. The van der Waals surface area contributed by atoms with Gasteiger partial charge in [-0.3, -0.25) is 0 Å². The number of rotatable bonds is 4. The van der Waals surface area contributed by atoms with E-state index < -0.39 is 0 Å². The molecule has 2 amide bonds. The highest BCUT2D eigenvalue weighted by atomic mass is 16.5. The predicted octanol–water partition coefficient (Wildman–Crippen LogP) is 3.62. The summed E-state index contributed by atoms with van der Waals surface area (Å²) in [5.74, 6) is 1.37. The molecule has 2 unspecified atom stereocenters. The normalized spacial score (nSPS) is 19.0. The summed E-state index contributed by atoms with van der Waals surface area (Å²) in [4.78, 5) is 12.2. The van der Waals surface area contributed by atoms with Gasteiger partial charge in [0.1, 0.15) is 5.76 Å². The Kier molecular flexibility index (Phi) is 5.26. The van der Waals surface area contributed by atoms with E-state index >= 15 is 0 Å². The van der Waals surface area contributed by atoms with Gasteiger partial charge < -0.3 is 15.2 Å². The van der Waals surface area contributed by atoms with Gasteiger partial charge in [0.25, 0.3) is 0 Å². The van der Waals surface area contributed by atoms with Crippen molar-refractivity contribution in [3.63, 3.8) is 0 Å². The van der Waals surface area contributed by atoms with Crippen molar-refractivity contribution in [1.29, 1.82) is 0 Å². The second-order valence-corrected chi connectivity index (χ2v) is 6.26. The van der Waals surface area contributed by atoms with E-state index in [0.29, 0.717) is 5.92 Å². The molecule has 2 atom stereocenters. The highest BCUT2D eigenvalue weighted by Crippen LogP contribution is 2.26. The van der Waals surface area contributed by atoms with Crippen molar-refractivity contribution in [2.45, 2.75) is 71.9 Å². The molecule has 1 heterocycles. The first-order valence-electron chi connectivity index (χ1n) is 7.98. The molecule has 0 spiro atoms. The fraction of sp³-hybridized carbons (Fsp3) is 0.750. The lowest BCUT2D eigenvalue weighted by Crippen LogP contribution is -2.45.